The van der Waals surface area contributed by atoms with E-state index in [1.807, 2.05) is 61.5 Å². The first-order valence-electron chi connectivity index (χ1n) is 8.86. The highest BCUT2D eigenvalue weighted by molar-refractivity contribution is 5.75. The first-order chi connectivity index (χ1) is 13.1. The molecule has 0 unspecified atom stereocenters. The third kappa shape index (κ3) is 3.31. The summed E-state index contributed by atoms with van der Waals surface area (Å²) in [4.78, 5) is 17.3. The van der Waals surface area contributed by atoms with Crippen molar-refractivity contribution in [1.29, 1.82) is 0 Å². The van der Waals surface area contributed by atoms with Crippen molar-refractivity contribution in [2.24, 2.45) is 0 Å². The summed E-state index contributed by atoms with van der Waals surface area (Å²) >= 11 is 0. The Morgan fingerprint density at radius 3 is 2.67 bits per heavy atom. The molecule has 27 heavy (non-hydrogen) atoms. The van der Waals surface area contributed by atoms with Crippen molar-refractivity contribution in [1.82, 2.24) is 19.3 Å². The standard InChI is InChI=1S/C22H20N4O/c1-16-10-11-20(17(2)13-16)26-21-19(14-24-26)22(27)25(15-23-21)12-6-9-18-7-4-3-5-8-18/h3-11,13-15H,12H2,1-2H3/b9-6+. The molecule has 0 N–H and O–H groups in total. The van der Waals surface area contributed by atoms with E-state index in [9.17, 15) is 4.79 Å². The molecule has 0 atom stereocenters. The SMILES string of the molecule is Cc1ccc(-n2ncc3c(=O)n(C/C=C/c4ccccc4)cnc32)c(C)c1. The number of benzene rings is 2. The summed E-state index contributed by atoms with van der Waals surface area (Å²) < 4.78 is 3.32. The maximum absolute atomic E-state index is 12.8. The van der Waals surface area contributed by atoms with E-state index in [0.29, 0.717) is 17.6 Å². The second-order valence-electron chi connectivity index (χ2n) is 6.60. The predicted molar refractivity (Wildman–Crippen MR) is 108 cm³/mol. The molecule has 2 heterocycles. The number of hydrogen-bond donors (Lipinski definition) is 0. The van der Waals surface area contributed by atoms with Gasteiger partial charge in [-0.2, -0.15) is 5.10 Å². The van der Waals surface area contributed by atoms with Gasteiger partial charge in [0.2, 0.25) is 0 Å². The fourth-order valence-corrected chi connectivity index (χ4v) is 3.16. The molecule has 0 spiro atoms. The molecule has 0 saturated heterocycles. The van der Waals surface area contributed by atoms with Crippen LogP contribution in [0.4, 0.5) is 0 Å². The summed E-state index contributed by atoms with van der Waals surface area (Å²) in [6.45, 7) is 4.55. The summed E-state index contributed by atoms with van der Waals surface area (Å²) in [5.41, 5.74) is 4.81. The first kappa shape index (κ1) is 17.0. The van der Waals surface area contributed by atoms with Crippen LogP contribution < -0.4 is 5.56 Å². The molecule has 134 valence electrons. The monoisotopic (exact) mass is 356 g/mol. The average molecular weight is 356 g/mol. The van der Waals surface area contributed by atoms with E-state index in [1.54, 1.807) is 21.8 Å². The summed E-state index contributed by atoms with van der Waals surface area (Å²) in [5, 5.41) is 4.93. The third-order valence-electron chi connectivity index (χ3n) is 4.55. The van der Waals surface area contributed by atoms with E-state index in [0.717, 1.165) is 16.8 Å². The van der Waals surface area contributed by atoms with Crippen LogP contribution in [0.1, 0.15) is 16.7 Å². The molecule has 5 nitrogen and oxygen atoms in total. The van der Waals surface area contributed by atoms with Crippen molar-refractivity contribution >= 4 is 17.1 Å². The van der Waals surface area contributed by atoms with Gasteiger partial charge in [0, 0.05) is 6.54 Å². The Hall–Kier alpha value is -3.47. The van der Waals surface area contributed by atoms with Crippen LogP contribution in [0.2, 0.25) is 0 Å². The van der Waals surface area contributed by atoms with Crippen LogP contribution in [0.25, 0.3) is 22.8 Å². The number of aromatic nitrogens is 4. The molecule has 0 radical (unpaired) electrons. The van der Waals surface area contributed by atoms with Crippen molar-refractivity contribution in [3.05, 3.63) is 94.2 Å². The van der Waals surface area contributed by atoms with Crippen molar-refractivity contribution in [2.45, 2.75) is 20.4 Å². The highest BCUT2D eigenvalue weighted by atomic mass is 16.1. The molecule has 2 aromatic carbocycles. The Balaban J connectivity index is 1.68. The van der Waals surface area contributed by atoms with Crippen LogP contribution in [0.15, 0.2) is 71.9 Å². The highest BCUT2D eigenvalue weighted by Gasteiger charge is 2.12. The first-order valence-corrected chi connectivity index (χ1v) is 8.86. The molecule has 0 saturated carbocycles. The maximum Gasteiger partial charge on any atom is 0.264 e. The lowest BCUT2D eigenvalue weighted by Gasteiger charge is -2.08. The van der Waals surface area contributed by atoms with Gasteiger partial charge in [0.1, 0.15) is 11.7 Å². The van der Waals surface area contributed by atoms with Crippen molar-refractivity contribution in [3.63, 3.8) is 0 Å². The largest absolute Gasteiger partial charge is 0.295 e. The van der Waals surface area contributed by atoms with Gasteiger partial charge in [-0.3, -0.25) is 9.36 Å². The number of allylic oxidation sites excluding steroid dienone is 1. The van der Waals surface area contributed by atoms with E-state index in [-0.39, 0.29) is 5.56 Å². The Bertz CT molecular complexity index is 1190. The minimum atomic E-state index is -0.0891. The van der Waals surface area contributed by atoms with Crippen LogP contribution >= 0.6 is 0 Å². The number of nitrogens with zero attached hydrogens (tertiary/aromatic N) is 4. The lowest BCUT2D eigenvalue weighted by atomic mass is 10.1. The average Bonchev–Trinajstić information content (AvgIpc) is 3.09. The second kappa shape index (κ2) is 7.03. The molecule has 0 bridgehead atoms. The molecule has 2 aromatic heterocycles. The van der Waals surface area contributed by atoms with Crippen LogP contribution in [-0.2, 0) is 6.54 Å². The molecular weight excluding hydrogens is 336 g/mol. The molecule has 5 heteroatoms. The molecule has 4 aromatic rings. The number of aryl methyl sites for hydroxylation is 2. The lowest BCUT2D eigenvalue weighted by Crippen LogP contribution is -2.19. The number of fused-ring (bicyclic) bond motifs is 1. The molecular formula is C22H20N4O. The van der Waals surface area contributed by atoms with Gasteiger partial charge < -0.3 is 0 Å². The fourth-order valence-electron chi connectivity index (χ4n) is 3.16. The van der Waals surface area contributed by atoms with Crippen LogP contribution in [0, 0.1) is 13.8 Å². The van der Waals surface area contributed by atoms with Gasteiger partial charge in [0.25, 0.3) is 5.56 Å². The van der Waals surface area contributed by atoms with Gasteiger partial charge in [-0.25, -0.2) is 9.67 Å². The number of rotatable bonds is 4. The van der Waals surface area contributed by atoms with Gasteiger partial charge in [-0.15, -0.1) is 0 Å². The molecule has 0 aliphatic carbocycles. The van der Waals surface area contributed by atoms with Crippen molar-refractivity contribution in [3.8, 4) is 5.69 Å². The van der Waals surface area contributed by atoms with Gasteiger partial charge in [-0.05, 0) is 31.0 Å². The zero-order valence-corrected chi connectivity index (χ0v) is 15.3. The van der Waals surface area contributed by atoms with Gasteiger partial charge in [-0.1, -0.05) is 60.2 Å². The van der Waals surface area contributed by atoms with Gasteiger partial charge >= 0.3 is 0 Å². The quantitative estimate of drug-likeness (QED) is 0.557. The fraction of sp³-hybridized carbons (Fsp3) is 0.136. The van der Waals surface area contributed by atoms with E-state index in [2.05, 4.69) is 23.1 Å². The number of hydrogen-bond acceptors (Lipinski definition) is 3. The Morgan fingerprint density at radius 2 is 1.89 bits per heavy atom. The second-order valence-corrected chi connectivity index (χ2v) is 6.60. The molecule has 0 aliphatic heterocycles. The third-order valence-corrected chi connectivity index (χ3v) is 4.55. The summed E-state index contributed by atoms with van der Waals surface area (Å²) in [6, 6.07) is 16.1. The smallest absolute Gasteiger partial charge is 0.264 e. The van der Waals surface area contributed by atoms with E-state index < -0.39 is 0 Å². The summed E-state index contributed by atoms with van der Waals surface area (Å²) in [5.74, 6) is 0. The summed E-state index contributed by atoms with van der Waals surface area (Å²) in [6.07, 6.45) is 7.14. The van der Waals surface area contributed by atoms with Crippen LogP contribution in [-0.4, -0.2) is 19.3 Å². The zero-order chi connectivity index (χ0) is 18.8. The van der Waals surface area contributed by atoms with Crippen LogP contribution in [0.5, 0.6) is 0 Å². The Labute approximate surface area is 157 Å². The minimum Gasteiger partial charge on any atom is -0.295 e. The maximum atomic E-state index is 12.8. The predicted octanol–water partition coefficient (Wildman–Crippen LogP) is 3.91. The van der Waals surface area contributed by atoms with E-state index in [1.165, 1.54) is 5.56 Å². The Kier molecular flexibility index (Phi) is 4.42. The van der Waals surface area contributed by atoms with Crippen LogP contribution in [0.3, 0.4) is 0 Å². The molecule has 0 aliphatic rings. The van der Waals surface area contributed by atoms with Gasteiger partial charge in [0.05, 0.1) is 11.9 Å². The normalized spacial score (nSPS) is 11.5. The van der Waals surface area contributed by atoms with Crippen molar-refractivity contribution in [2.75, 3.05) is 0 Å². The van der Waals surface area contributed by atoms with E-state index in [4.69, 9.17) is 0 Å². The minimum absolute atomic E-state index is 0.0891. The summed E-state index contributed by atoms with van der Waals surface area (Å²) in [7, 11) is 0. The topological polar surface area (TPSA) is 52.7 Å². The molecule has 0 amide bonds. The molecule has 4 rings (SSSR count). The zero-order valence-electron chi connectivity index (χ0n) is 15.3. The van der Waals surface area contributed by atoms with E-state index >= 15 is 0 Å². The van der Waals surface area contributed by atoms with Gasteiger partial charge in [0.15, 0.2) is 5.65 Å². The van der Waals surface area contributed by atoms with Crippen molar-refractivity contribution < 1.29 is 0 Å². The molecule has 0 fully saturated rings. The lowest BCUT2D eigenvalue weighted by molar-refractivity contribution is 0.764. The highest BCUT2D eigenvalue weighted by Crippen LogP contribution is 2.18. The Morgan fingerprint density at radius 1 is 1.07 bits per heavy atom.